The predicted octanol–water partition coefficient (Wildman–Crippen LogP) is 5.40. The number of hydrogen-bond donors (Lipinski definition) is 1. The maximum Gasteiger partial charge on any atom is 0.0149 e. The summed E-state index contributed by atoms with van der Waals surface area (Å²) in [5.41, 5.74) is 0.595. The molecule has 114 valence electrons. The molecule has 0 heterocycles. The number of nitrogens with one attached hydrogen (secondary N) is 1. The van der Waals surface area contributed by atoms with Crippen LogP contribution < -0.4 is 5.32 Å². The van der Waals surface area contributed by atoms with Crippen LogP contribution in [0, 0.1) is 17.3 Å². The summed E-state index contributed by atoms with van der Waals surface area (Å²) >= 11 is 0. The third kappa shape index (κ3) is 4.77. The molecule has 1 heteroatoms. The van der Waals surface area contributed by atoms with Crippen molar-refractivity contribution in [2.24, 2.45) is 17.3 Å². The van der Waals surface area contributed by atoms with Crippen LogP contribution >= 0.6 is 0 Å². The van der Waals surface area contributed by atoms with Crippen LogP contribution in [0.1, 0.15) is 86.0 Å². The van der Waals surface area contributed by atoms with Gasteiger partial charge in [-0.1, -0.05) is 53.9 Å². The van der Waals surface area contributed by atoms with Crippen molar-refractivity contribution in [3.05, 3.63) is 0 Å². The standard InChI is InChI=1S/C18H37N/c1-6-10-16(5)17(19-13-7-2)18(14-15(3)4)11-8-9-12-18/h15-17,19H,6-14H2,1-5H3. The molecule has 0 amide bonds. The average Bonchev–Trinajstić information content (AvgIpc) is 2.78. The van der Waals surface area contributed by atoms with E-state index in [9.17, 15) is 0 Å². The van der Waals surface area contributed by atoms with Crippen LogP contribution in [-0.4, -0.2) is 12.6 Å². The highest BCUT2D eigenvalue weighted by Gasteiger charge is 2.43. The first-order valence-corrected chi connectivity index (χ1v) is 8.79. The smallest absolute Gasteiger partial charge is 0.0149 e. The van der Waals surface area contributed by atoms with Gasteiger partial charge in [0.25, 0.3) is 0 Å². The molecule has 1 nitrogen and oxygen atoms in total. The fraction of sp³-hybridized carbons (Fsp3) is 1.00. The Morgan fingerprint density at radius 3 is 2.11 bits per heavy atom. The molecule has 0 aromatic carbocycles. The molecule has 0 spiro atoms. The maximum atomic E-state index is 3.94. The highest BCUT2D eigenvalue weighted by Crippen LogP contribution is 2.48. The quantitative estimate of drug-likeness (QED) is 0.590. The van der Waals surface area contributed by atoms with E-state index in [-0.39, 0.29) is 0 Å². The Hall–Kier alpha value is -0.0400. The van der Waals surface area contributed by atoms with Gasteiger partial charge in [0, 0.05) is 6.04 Å². The number of hydrogen-bond acceptors (Lipinski definition) is 1. The topological polar surface area (TPSA) is 12.0 Å². The lowest BCUT2D eigenvalue weighted by Crippen LogP contribution is -2.49. The van der Waals surface area contributed by atoms with E-state index in [1.165, 1.54) is 57.9 Å². The van der Waals surface area contributed by atoms with Crippen LogP contribution in [-0.2, 0) is 0 Å². The van der Waals surface area contributed by atoms with Crippen molar-refractivity contribution in [3.63, 3.8) is 0 Å². The van der Waals surface area contributed by atoms with Crippen molar-refractivity contribution in [2.45, 2.75) is 92.0 Å². The Morgan fingerprint density at radius 2 is 1.63 bits per heavy atom. The van der Waals surface area contributed by atoms with Gasteiger partial charge in [-0.05, 0) is 55.9 Å². The molecule has 1 N–H and O–H groups in total. The summed E-state index contributed by atoms with van der Waals surface area (Å²) in [7, 11) is 0. The molecule has 0 aliphatic heterocycles. The van der Waals surface area contributed by atoms with Crippen LogP contribution in [0.2, 0.25) is 0 Å². The SMILES string of the molecule is CCCNC(C(C)CCC)C1(CC(C)C)CCCC1. The minimum Gasteiger partial charge on any atom is -0.313 e. The molecule has 1 fully saturated rings. The maximum absolute atomic E-state index is 3.94. The zero-order chi connectivity index (χ0) is 14.3. The Labute approximate surface area is 121 Å². The van der Waals surface area contributed by atoms with Gasteiger partial charge in [-0.2, -0.15) is 0 Å². The normalized spacial score (nSPS) is 21.8. The summed E-state index contributed by atoms with van der Waals surface area (Å²) in [4.78, 5) is 0. The zero-order valence-corrected chi connectivity index (χ0v) is 14.1. The van der Waals surface area contributed by atoms with Crippen LogP contribution in [0.25, 0.3) is 0 Å². The van der Waals surface area contributed by atoms with Crippen molar-refractivity contribution >= 4 is 0 Å². The monoisotopic (exact) mass is 267 g/mol. The Kier molecular flexibility index (Phi) is 7.42. The lowest BCUT2D eigenvalue weighted by atomic mass is 9.68. The van der Waals surface area contributed by atoms with Gasteiger partial charge >= 0.3 is 0 Å². The molecule has 19 heavy (non-hydrogen) atoms. The van der Waals surface area contributed by atoms with Gasteiger partial charge in [-0.15, -0.1) is 0 Å². The van der Waals surface area contributed by atoms with Gasteiger partial charge in [0.1, 0.15) is 0 Å². The third-order valence-electron chi connectivity index (χ3n) is 5.00. The van der Waals surface area contributed by atoms with Gasteiger partial charge in [0.15, 0.2) is 0 Å². The van der Waals surface area contributed by atoms with Crippen LogP contribution in [0.5, 0.6) is 0 Å². The minimum absolute atomic E-state index is 0.595. The van der Waals surface area contributed by atoms with E-state index in [0.717, 1.165) is 17.9 Å². The van der Waals surface area contributed by atoms with Crippen molar-refractivity contribution < 1.29 is 0 Å². The third-order valence-corrected chi connectivity index (χ3v) is 5.00. The van der Waals surface area contributed by atoms with E-state index in [1.54, 1.807) is 0 Å². The van der Waals surface area contributed by atoms with E-state index in [0.29, 0.717) is 5.41 Å². The van der Waals surface area contributed by atoms with Gasteiger partial charge in [0.05, 0.1) is 0 Å². The Bertz CT molecular complexity index is 228. The molecular formula is C18H37N. The van der Waals surface area contributed by atoms with Crippen molar-refractivity contribution in [1.29, 1.82) is 0 Å². The van der Waals surface area contributed by atoms with Crippen molar-refractivity contribution in [1.82, 2.24) is 5.32 Å². The molecule has 0 bridgehead atoms. The van der Waals surface area contributed by atoms with E-state index in [1.807, 2.05) is 0 Å². The lowest BCUT2D eigenvalue weighted by Gasteiger charge is -2.43. The summed E-state index contributed by atoms with van der Waals surface area (Å²) in [5, 5.41) is 3.94. The highest BCUT2D eigenvalue weighted by atomic mass is 14.9. The predicted molar refractivity (Wildman–Crippen MR) is 86.5 cm³/mol. The van der Waals surface area contributed by atoms with Crippen LogP contribution in [0.3, 0.4) is 0 Å². The molecule has 1 aliphatic rings. The second-order valence-corrected chi connectivity index (χ2v) is 7.37. The first kappa shape index (κ1) is 17.0. The van der Waals surface area contributed by atoms with Crippen LogP contribution in [0.15, 0.2) is 0 Å². The minimum atomic E-state index is 0.595. The second kappa shape index (κ2) is 8.29. The molecule has 1 rings (SSSR count). The second-order valence-electron chi connectivity index (χ2n) is 7.37. The van der Waals surface area contributed by atoms with Gasteiger partial charge < -0.3 is 5.32 Å². The molecule has 0 saturated heterocycles. The Morgan fingerprint density at radius 1 is 1.00 bits per heavy atom. The first-order valence-electron chi connectivity index (χ1n) is 8.79. The molecule has 1 saturated carbocycles. The molecular weight excluding hydrogens is 230 g/mol. The van der Waals surface area contributed by atoms with Gasteiger partial charge in [-0.3, -0.25) is 0 Å². The van der Waals surface area contributed by atoms with Gasteiger partial charge in [0.2, 0.25) is 0 Å². The van der Waals surface area contributed by atoms with Crippen LogP contribution in [0.4, 0.5) is 0 Å². The first-order chi connectivity index (χ1) is 9.05. The summed E-state index contributed by atoms with van der Waals surface area (Å²) in [6, 6.07) is 0.747. The molecule has 0 aromatic rings. The molecule has 2 unspecified atom stereocenters. The van der Waals surface area contributed by atoms with E-state index in [4.69, 9.17) is 0 Å². The van der Waals surface area contributed by atoms with E-state index < -0.39 is 0 Å². The highest BCUT2D eigenvalue weighted by molar-refractivity contribution is 4.97. The largest absolute Gasteiger partial charge is 0.313 e. The average molecular weight is 268 g/mol. The zero-order valence-electron chi connectivity index (χ0n) is 14.1. The van der Waals surface area contributed by atoms with Crippen molar-refractivity contribution in [3.8, 4) is 0 Å². The summed E-state index contributed by atoms with van der Waals surface area (Å²) in [6.07, 6.45) is 11.2. The summed E-state index contributed by atoms with van der Waals surface area (Å²) in [6.45, 7) is 13.1. The summed E-state index contributed by atoms with van der Waals surface area (Å²) < 4.78 is 0. The fourth-order valence-electron chi connectivity index (χ4n) is 4.48. The van der Waals surface area contributed by atoms with Gasteiger partial charge in [-0.25, -0.2) is 0 Å². The van der Waals surface area contributed by atoms with E-state index >= 15 is 0 Å². The summed E-state index contributed by atoms with van der Waals surface area (Å²) in [5.74, 6) is 1.66. The fourth-order valence-corrected chi connectivity index (χ4v) is 4.48. The molecule has 1 aliphatic carbocycles. The molecule has 0 radical (unpaired) electrons. The Balaban J connectivity index is 2.82. The molecule has 2 atom stereocenters. The van der Waals surface area contributed by atoms with Crippen molar-refractivity contribution in [2.75, 3.05) is 6.54 Å². The molecule has 0 aromatic heterocycles. The lowest BCUT2D eigenvalue weighted by molar-refractivity contribution is 0.111. The number of rotatable bonds is 9. The van der Waals surface area contributed by atoms with E-state index in [2.05, 4.69) is 39.9 Å².